The molecular formula is C21H21FN4O. The molecule has 0 amide bonds. The molecule has 1 aromatic carbocycles. The predicted molar refractivity (Wildman–Crippen MR) is 102 cm³/mol. The number of hydrogen-bond acceptors (Lipinski definition) is 4. The van der Waals surface area contributed by atoms with Crippen LogP contribution in [0.25, 0.3) is 11.5 Å². The summed E-state index contributed by atoms with van der Waals surface area (Å²) in [4.78, 5) is 26.1. The molecule has 0 aliphatic carbocycles. The number of aromatic nitrogens is 3. The highest BCUT2D eigenvalue weighted by Crippen LogP contribution is 2.27. The Labute approximate surface area is 156 Å². The van der Waals surface area contributed by atoms with Gasteiger partial charge in [0.1, 0.15) is 11.5 Å². The van der Waals surface area contributed by atoms with E-state index in [1.807, 2.05) is 30.3 Å². The molecular weight excluding hydrogens is 343 g/mol. The largest absolute Gasteiger partial charge is 0.305 e. The summed E-state index contributed by atoms with van der Waals surface area (Å²) in [5, 5.41) is 0. The van der Waals surface area contributed by atoms with Gasteiger partial charge in [-0.3, -0.25) is 14.7 Å². The van der Waals surface area contributed by atoms with Crippen LogP contribution in [0.2, 0.25) is 0 Å². The SMILES string of the molecule is O=c1cc(C2CCCN(Cc3ccccc3F)C2)nc(-c2ccccn2)[nH]1. The number of rotatable bonds is 4. The lowest BCUT2D eigenvalue weighted by Crippen LogP contribution is -2.35. The van der Waals surface area contributed by atoms with Crippen LogP contribution in [0.15, 0.2) is 59.5 Å². The Hall–Kier alpha value is -2.86. The van der Waals surface area contributed by atoms with Gasteiger partial charge in [0.05, 0.1) is 5.69 Å². The summed E-state index contributed by atoms with van der Waals surface area (Å²) in [6, 6.07) is 14.0. The topological polar surface area (TPSA) is 61.9 Å². The second-order valence-electron chi connectivity index (χ2n) is 6.90. The summed E-state index contributed by atoms with van der Waals surface area (Å²) in [5.41, 5.74) is 1.95. The smallest absolute Gasteiger partial charge is 0.251 e. The van der Waals surface area contributed by atoms with Crippen LogP contribution in [-0.4, -0.2) is 32.9 Å². The van der Waals surface area contributed by atoms with Gasteiger partial charge >= 0.3 is 0 Å². The summed E-state index contributed by atoms with van der Waals surface area (Å²) in [7, 11) is 0. The third kappa shape index (κ3) is 4.11. The number of benzene rings is 1. The number of halogens is 1. The van der Waals surface area contributed by atoms with E-state index in [0.717, 1.165) is 31.6 Å². The highest BCUT2D eigenvalue weighted by molar-refractivity contribution is 5.48. The first-order valence-electron chi connectivity index (χ1n) is 9.17. The molecule has 0 radical (unpaired) electrons. The standard InChI is InChI=1S/C21H21FN4O/c22-17-8-2-1-6-15(17)13-26-11-5-7-16(14-26)19-12-20(27)25-21(24-19)18-9-3-4-10-23-18/h1-4,6,8-10,12,16H,5,7,11,13-14H2,(H,24,25,27). The molecule has 5 nitrogen and oxygen atoms in total. The fraction of sp³-hybridized carbons (Fsp3) is 0.286. The Morgan fingerprint density at radius 2 is 2.04 bits per heavy atom. The number of pyridine rings is 1. The number of H-pyrrole nitrogens is 1. The van der Waals surface area contributed by atoms with Crippen LogP contribution in [0.3, 0.4) is 0 Å². The van der Waals surface area contributed by atoms with Gasteiger partial charge in [-0.2, -0.15) is 0 Å². The maximum Gasteiger partial charge on any atom is 0.251 e. The highest BCUT2D eigenvalue weighted by Gasteiger charge is 2.24. The Morgan fingerprint density at radius 1 is 1.19 bits per heavy atom. The van der Waals surface area contributed by atoms with Gasteiger partial charge in [0.2, 0.25) is 0 Å². The number of piperidine rings is 1. The minimum absolute atomic E-state index is 0.148. The first kappa shape index (κ1) is 17.5. The maximum atomic E-state index is 14.0. The van der Waals surface area contributed by atoms with Crippen LogP contribution in [0.5, 0.6) is 0 Å². The first-order chi connectivity index (χ1) is 13.2. The van der Waals surface area contributed by atoms with E-state index in [-0.39, 0.29) is 17.3 Å². The second-order valence-corrected chi connectivity index (χ2v) is 6.90. The highest BCUT2D eigenvalue weighted by atomic mass is 19.1. The number of hydrogen-bond donors (Lipinski definition) is 1. The lowest BCUT2D eigenvalue weighted by Gasteiger charge is -2.32. The van der Waals surface area contributed by atoms with Crippen molar-refractivity contribution in [1.29, 1.82) is 0 Å². The summed E-state index contributed by atoms with van der Waals surface area (Å²) in [6.07, 6.45) is 3.64. The molecule has 1 N–H and O–H groups in total. The Morgan fingerprint density at radius 3 is 2.85 bits per heavy atom. The summed E-state index contributed by atoms with van der Waals surface area (Å²) >= 11 is 0. The predicted octanol–water partition coefficient (Wildman–Crippen LogP) is 3.35. The lowest BCUT2D eigenvalue weighted by molar-refractivity contribution is 0.196. The molecule has 1 fully saturated rings. The average molecular weight is 364 g/mol. The molecule has 0 bridgehead atoms. The van der Waals surface area contributed by atoms with Gasteiger partial charge in [-0.15, -0.1) is 0 Å². The minimum Gasteiger partial charge on any atom is -0.305 e. The van der Waals surface area contributed by atoms with Crippen molar-refractivity contribution in [2.45, 2.75) is 25.3 Å². The van der Waals surface area contributed by atoms with Gasteiger partial charge in [0, 0.05) is 36.8 Å². The Bertz CT molecular complexity index is 973. The number of likely N-dealkylation sites (tertiary alicyclic amines) is 1. The molecule has 1 unspecified atom stereocenters. The van der Waals surface area contributed by atoms with Gasteiger partial charge in [-0.25, -0.2) is 9.37 Å². The molecule has 3 heterocycles. The average Bonchev–Trinajstić information content (AvgIpc) is 2.70. The van der Waals surface area contributed by atoms with Crippen molar-refractivity contribution >= 4 is 0 Å². The van der Waals surface area contributed by atoms with Gasteiger partial charge in [0.25, 0.3) is 5.56 Å². The van der Waals surface area contributed by atoms with Crippen LogP contribution in [-0.2, 0) is 6.54 Å². The molecule has 1 saturated heterocycles. The van der Waals surface area contributed by atoms with E-state index in [4.69, 9.17) is 0 Å². The van der Waals surface area contributed by atoms with E-state index >= 15 is 0 Å². The van der Waals surface area contributed by atoms with Gasteiger partial charge in [-0.05, 0) is 37.6 Å². The molecule has 4 rings (SSSR count). The second kappa shape index (κ2) is 7.80. The fourth-order valence-corrected chi connectivity index (χ4v) is 3.62. The van der Waals surface area contributed by atoms with Crippen LogP contribution in [0.1, 0.15) is 30.0 Å². The monoisotopic (exact) mass is 364 g/mol. The molecule has 1 aliphatic rings. The summed E-state index contributed by atoms with van der Waals surface area (Å²) < 4.78 is 14.0. The van der Waals surface area contributed by atoms with Crippen molar-refractivity contribution in [1.82, 2.24) is 19.9 Å². The van der Waals surface area contributed by atoms with Crippen LogP contribution in [0, 0.1) is 5.82 Å². The first-order valence-corrected chi connectivity index (χ1v) is 9.17. The summed E-state index contributed by atoms with van der Waals surface area (Å²) in [5.74, 6) is 0.464. The normalized spacial score (nSPS) is 17.7. The molecule has 6 heteroatoms. The van der Waals surface area contributed by atoms with Gasteiger partial charge in [-0.1, -0.05) is 24.3 Å². The van der Waals surface area contributed by atoms with Crippen LogP contribution in [0.4, 0.5) is 4.39 Å². The number of nitrogens with one attached hydrogen (secondary N) is 1. The Kier molecular flexibility index (Phi) is 5.07. The lowest BCUT2D eigenvalue weighted by atomic mass is 9.94. The maximum absolute atomic E-state index is 14.0. The quantitative estimate of drug-likeness (QED) is 0.771. The van der Waals surface area contributed by atoms with Crippen molar-refractivity contribution in [3.8, 4) is 11.5 Å². The number of aromatic amines is 1. The van der Waals surface area contributed by atoms with Crippen LogP contribution >= 0.6 is 0 Å². The third-order valence-corrected chi connectivity index (χ3v) is 4.94. The van der Waals surface area contributed by atoms with Crippen LogP contribution < -0.4 is 5.56 Å². The molecule has 138 valence electrons. The van der Waals surface area contributed by atoms with E-state index < -0.39 is 0 Å². The molecule has 27 heavy (non-hydrogen) atoms. The fourth-order valence-electron chi connectivity index (χ4n) is 3.62. The Balaban J connectivity index is 1.55. The van der Waals surface area contributed by atoms with Crippen molar-refractivity contribution < 1.29 is 4.39 Å². The number of nitrogens with zero attached hydrogens (tertiary/aromatic N) is 3. The van der Waals surface area contributed by atoms with E-state index in [1.54, 1.807) is 18.3 Å². The zero-order chi connectivity index (χ0) is 18.6. The van der Waals surface area contributed by atoms with Gasteiger partial charge in [0.15, 0.2) is 5.82 Å². The third-order valence-electron chi connectivity index (χ3n) is 4.94. The molecule has 3 aromatic rings. The van der Waals surface area contributed by atoms with E-state index in [0.29, 0.717) is 23.6 Å². The molecule has 2 aromatic heterocycles. The molecule has 1 atom stereocenters. The molecule has 0 saturated carbocycles. The van der Waals surface area contributed by atoms with Crippen molar-refractivity contribution in [2.75, 3.05) is 13.1 Å². The van der Waals surface area contributed by atoms with Crippen molar-refractivity contribution in [2.24, 2.45) is 0 Å². The van der Waals surface area contributed by atoms with Crippen molar-refractivity contribution in [3.63, 3.8) is 0 Å². The van der Waals surface area contributed by atoms with E-state index in [2.05, 4.69) is 19.9 Å². The molecule has 1 aliphatic heterocycles. The zero-order valence-electron chi connectivity index (χ0n) is 14.9. The minimum atomic E-state index is -0.175. The van der Waals surface area contributed by atoms with E-state index in [9.17, 15) is 9.18 Å². The van der Waals surface area contributed by atoms with E-state index in [1.165, 1.54) is 6.07 Å². The zero-order valence-corrected chi connectivity index (χ0v) is 14.9. The van der Waals surface area contributed by atoms with Gasteiger partial charge < -0.3 is 4.98 Å². The van der Waals surface area contributed by atoms with Crippen molar-refractivity contribution in [3.05, 3.63) is 82.2 Å². The summed E-state index contributed by atoms with van der Waals surface area (Å²) in [6.45, 7) is 2.24. The molecule has 0 spiro atoms.